The highest BCUT2D eigenvalue weighted by atomic mass is 19.4. The lowest BCUT2D eigenvalue weighted by Crippen LogP contribution is -2.62. The Hall–Kier alpha value is -3.24. The Bertz CT molecular complexity index is 1180. The van der Waals surface area contributed by atoms with E-state index < -0.39 is 17.6 Å². The second-order valence-corrected chi connectivity index (χ2v) is 10.4. The van der Waals surface area contributed by atoms with Crippen LogP contribution in [-0.4, -0.2) is 48.2 Å². The third-order valence-corrected chi connectivity index (χ3v) is 7.87. The van der Waals surface area contributed by atoms with Gasteiger partial charge in [-0.2, -0.15) is 13.2 Å². The smallest absolute Gasteiger partial charge is 0.416 e. The van der Waals surface area contributed by atoms with Crippen LogP contribution < -0.4 is 5.32 Å². The van der Waals surface area contributed by atoms with Crippen LogP contribution in [-0.2, 0) is 16.4 Å². The molecule has 7 heteroatoms. The van der Waals surface area contributed by atoms with Gasteiger partial charge in [0, 0.05) is 35.3 Å². The third kappa shape index (κ3) is 5.60. The number of likely N-dealkylation sites (N-methyl/N-ethyl adjacent to an activating group) is 1. The average Bonchev–Trinajstić information content (AvgIpc) is 2.83. The zero-order valence-corrected chi connectivity index (χ0v) is 20.4. The zero-order chi connectivity index (χ0) is 26.0. The average molecular weight is 498 g/mol. The van der Waals surface area contributed by atoms with Crippen molar-refractivity contribution in [2.24, 2.45) is 5.92 Å². The number of phenols is 1. The Kier molecular flexibility index (Phi) is 7.19. The number of likely N-dealkylation sites (tertiary alicyclic amines) is 1. The van der Waals surface area contributed by atoms with Gasteiger partial charge < -0.3 is 14.9 Å². The van der Waals surface area contributed by atoms with Gasteiger partial charge in [0.05, 0.1) is 32.2 Å². The molecule has 4 atom stereocenters. The molecule has 2 aromatic rings. The van der Waals surface area contributed by atoms with Gasteiger partial charge in [-0.3, -0.25) is 4.79 Å². The number of quaternary nitrogens is 1. The Balaban J connectivity index is 1.50. The van der Waals surface area contributed by atoms with E-state index in [1.165, 1.54) is 12.1 Å². The number of benzene rings is 2. The fourth-order valence-electron chi connectivity index (χ4n) is 6.06. The van der Waals surface area contributed by atoms with Crippen molar-refractivity contribution in [1.29, 1.82) is 0 Å². The Morgan fingerprint density at radius 2 is 2.00 bits per heavy atom. The quantitative estimate of drug-likeness (QED) is 0.354. The molecule has 1 heterocycles. The van der Waals surface area contributed by atoms with Gasteiger partial charge >= 0.3 is 6.18 Å². The van der Waals surface area contributed by atoms with E-state index in [9.17, 15) is 23.1 Å². The molecular weight excluding hydrogens is 465 g/mol. The standard InChI is InChI=1S/C29H31F3N2O2/c1-3-16-34(2)17-15-28(23-5-4-6-26(35)18-23)19-25(13-12-24(28)20-34)33-27(36)14-9-21-7-10-22(11-8-21)29(30,31)32/h3-8,10-11,18,24-25H,1,12-13,15-17,19-20H2,2H3,(H-,33,35,36)/p+1/t24?,25-,28+,34+/m1/s1. The van der Waals surface area contributed by atoms with E-state index in [-0.39, 0.29) is 17.2 Å². The normalized spacial score (nSPS) is 27.8. The van der Waals surface area contributed by atoms with Gasteiger partial charge in [0.25, 0.3) is 5.91 Å². The van der Waals surface area contributed by atoms with Crippen molar-refractivity contribution < 1.29 is 27.6 Å². The summed E-state index contributed by atoms with van der Waals surface area (Å²) in [6, 6.07) is 11.9. The molecule has 0 radical (unpaired) electrons. The van der Waals surface area contributed by atoms with Crippen LogP contribution in [0.15, 0.2) is 61.2 Å². The molecule has 190 valence electrons. The summed E-state index contributed by atoms with van der Waals surface area (Å²) in [7, 11) is 2.26. The Labute approximate surface area is 210 Å². The maximum absolute atomic E-state index is 12.7. The first-order chi connectivity index (χ1) is 17.0. The van der Waals surface area contributed by atoms with Crippen LogP contribution in [0.25, 0.3) is 0 Å². The van der Waals surface area contributed by atoms with Gasteiger partial charge in [-0.25, -0.2) is 0 Å². The third-order valence-electron chi connectivity index (χ3n) is 7.87. The maximum Gasteiger partial charge on any atom is 0.416 e. The number of nitrogens with one attached hydrogen (secondary N) is 1. The lowest BCUT2D eigenvalue weighted by Gasteiger charge is -2.55. The summed E-state index contributed by atoms with van der Waals surface area (Å²) in [5.41, 5.74) is 0.549. The largest absolute Gasteiger partial charge is 0.508 e. The molecule has 0 spiro atoms. The van der Waals surface area contributed by atoms with Gasteiger partial charge in [0.15, 0.2) is 0 Å². The van der Waals surface area contributed by atoms with Crippen LogP contribution in [0.4, 0.5) is 13.2 Å². The summed E-state index contributed by atoms with van der Waals surface area (Å²) in [6.07, 6.45) is 1.03. The van der Waals surface area contributed by atoms with Crippen molar-refractivity contribution in [3.8, 4) is 17.6 Å². The van der Waals surface area contributed by atoms with Crippen LogP contribution in [0, 0.1) is 17.8 Å². The number of carbonyl (C=O) groups excluding carboxylic acids is 1. The number of nitrogens with zero attached hydrogens (tertiary/aromatic N) is 1. The van der Waals surface area contributed by atoms with Crippen molar-refractivity contribution in [1.82, 2.24) is 5.32 Å². The lowest BCUT2D eigenvalue weighted by molar-refractivity contribution is -0.914. The predicted octanol–water partition coefficient (Wildman–Crippen LogP) is 5.02. The van der Waals surface area contributed by atoms with E-state index in [1.54, 1.807) is 6.07 Å². The fourth-order valence-corrected chi connectivity index (χ4v) is 6.06. The molecule has 1 aliphatic carbocycles. The molecule has 36 heavy (non-hydrogen) atoms. The molecule has 0 bridgehead atoms. The molecular formula is C29H32F3N2O2+. The molecule has 4 rings (SSSR count). The Morgan fingerprint density at radius 3 is 2.67 bits per heavy atom. The minimum absolute atomic E-state index is 0.0748. The SMILES string of the molecule is C=CC[N@@+]1(C)CC[C@@]2(c3cccc(O)c3)C[C@H](NC(=O)C#Cc3ccc(C(F)(F)F)cc3)CCC2C1. The number of aromatic hydroxyl groups is 1. The van der Waals surface area contributed by atoms with Crippen LogP contribution in [0.1, 0.15) is 42.4 Å². The number of hydrogen-bond acceptors (Lipinski definition) is 2. The minimum atomic E-state index is -4.41. The molecule has 1 amide bonds. The number of alkyl halides is 3. The molecule has 2 aromatic carbocycles. The van der Waals surface area contributed by atoms with Crippen molar-refractivity contribution in [3.63, 3.8) is 0 Å². The van der Waals surface area contributed by atoms with Gasteiger partial charge in [-0.1, -0.05) is 24.6 Å². The number of phenolic OH excluding ortho intramolecular Hbond substituents is 1. The Morgan fingerprint density at radius 1 is 1.25 bits per heavy atom. The van der Waals surface area contributed by atoms with Crippen LogP contribution in [0.3, 0.4) is 0 Å². The molecule has 1 unspecified atom stereocenters. The molecule has 1 saturated carbocycles. The predicted molar refractivity (Wildman–Crippen MR) is 133 cm³/mol. The van der Waals surface area contributed by atoms with E-state index in [4.69, 9.17) is 0 Å². The summed E-state index contributed by atoms with van der Waals surface area (Å²) in [6.45, 7) is 6.83. The highest BCUT2D eigenvalue weighted by Crippen LogP contribution is 2.50. The molecule has 1 aliphatic heterocycles. The zero-order valence-electron chi connectivity index (χ0n) is 20.4. The summed E-state index contributed by atoms with van der Waals surface area (Å²) in [4.78, 5) is 12.6. The maximum atomic E-state index is 12.7. The number of piperidine rings is 1. The highest BCUT2D eigenvalue weighted by molar-refractivity contribution is 5.94. The monoisotopic (exact) mass is 497 g/mol. The van der Waals surface area contributed by atoms with Crippen LogP contribution >= 0.6 is 0 Å². The van der Waals surface area contributed by atoms with Crippen molar-refractivity contribution in [3.05, 3.63) is 77.9 Å². The molecule has 2 N–H and O–H groups in total. The second kappa shape index (κ2) is 10.0. The molecule has 2 aliphatic rings. The van der Waals surface area contributed by atoms with Gasteiger partial charge in [0.2, 0.25) is 0 Å². The van der Waals surface area contributed by atoms with E-state index in [2.05, 4.69) is 36.9 Å². The molecule has 0 aromatic heterocycles. The van der Waals surface area contributed by atoms with Crippen LogP contribution in [0.2, 0.25) is 0 Å². The molecule has 1 saturated heterocycles. The van der Waals surface area contributed by atoms with Gasteiger partial charge in [-0.05, 0) is 67.3 Å². The second-order valence-electron chi connectivity index (χ2n) is 10.4. The first-order valence-electron chi connectivity index (χ1n) is 12.3. The highest BCUT2D eigenvalue weighted by Gasteiger charge is 2.52. The summed E-state index contributed by atoms with van der Waals surface area (Å²) < 4.78 is 39.2. The number of hydrogen-bond donors (Lipinski definition) is 2. The lowest BCUT2D eigenvalue weighted by atomic mass is 9.57. The summed E-state index contributed by atoms with van der Waals surface area (Å²) in [5.74, 6) is 5.41. The number of carbonyl (C=O) groups is 1. The molecule has 2 fully saturated rings. The summed E-state index contributed by atoms with van der Waals surface area (Å²) in [5, 5.41) is 13.2. The van der Waals surface area contributed by atoms with E-state index in [1.807, 2.05) is 18.2 Å². The van der Waals surface area contributed by atoms with Crippen molar-refractivity contribution in [2.45, 2.75) is 43.3 Å². The first kappa shape index (κ1) is 25.8. The summed E-state index contributed by atoms with van der Waals surface area (Å²) >= 11 is 0. The van der Waals surface area contributed by atoms with Gasteiger partial charge in [-0.15, -0.1) is 0 Å². The fraction of sp³-hybridized carbons (Fsp3) is 0.414. The van der Waals surface area contributed by atoms with Crippen molar-refractivity contribution in [2.75, 3.05) is 26.7 Å². The van der Waals surface area contributed by atoms with Crippen LogP contribution in [0.5, 0.6) is 5.75 Å². The van der Waals surface area contributed by atoms with E-state index in [0.29, 0.717) is 11.5 Å². The van der Waals surface area contributed by atoms with Crippen molar-refractivity contribution >= 4 is 5.91 Å². The number of amides is 1. The first-order valence-corrected chi connectivity index (χ1v) is 12.3. The van der Waals surface area contributed by atoms with E-state index in [0.717, 1.165) is 67.5 Å². The van der Waals surface area contributed by atoms with E-state index >= 15 is 0 Å². The number of halogens is 3. The number of rotatable bonds is 4. The minimum Gasteiger partial charge on any atom is -0.508 e. The van der Waals surface area contributed by atoms with Gasteiger partial charge in [0.1, 0.15) is 5.75 Å². The topological polar surface area (TPSA) is 49.3 Å². The number of fused-ring (bicyclic) bond motifs is 1. The molecule has 4 nitrogen and oxygen atoms in total.